The number of benzene rings is 1. The second-order valence-electron chi connectivity index (χ2n) is 9.40. The second-order valence-corrected chi connectivity index (χ2v) is 9.40. The highest BCUT2D eigenvalue weighted by molar-refractivity contribution is 5.98. The predicted octanol–water partition coefficient (Wildman–Crippen LogP) is 3.29. The number of aromatic nitrogens is 2. The van der Waals surface area contributed by atoms with Gasteiger partial charge < -0.3 is 20.1 Å². The quantitative estimate of drug-likeness (QED) is 0.726. The molecule has 0 fully saturated rings. The summed E-state index contributed by atoms with van der Waals surface area (Å²) >= 11 is 0. The van der Waals surface area contributed by atoms with Crippen LogP contribution in [0.1, 0.15) is 48.9 Å². The van der Waals surface area contributed by atoms with Crippen LogP contribution in [0.4, 0.5) is 13.2 Å². The first-order chi connectivity index (χ1) is 15.3. The van der Waals surface area contributed by atoms with Crippen molar-refractivity contribution in [2.24, 2.45) is 5.41 Å². The Morgan fingerprint density at radius 3 is 2.39 bits per heavy atom. The molecule has 0 saturated heterocycles. The SMILES string of the molecule is CNC(=O)C(NC(=O)c1nc(-c2ccccc2C(F)(F)F)n2c1CN(C)CCC2)C(C)(C)C. The van der Waals surface area contributed by atoms with Gasteiger partial charge >= 0.3 is 6.18 Å². The third-order valence-electron chi connectivity index (χ3n) is 5.75. The van der Waals surface area contributed by atoms with E-state index in [1.54, 1.807) is 4.57 Å². The van der Waals surface area contributed by atoms with Crippen LogP contribution in [0.3, 0.4) is 0 Å². The molecular weight excluding hydrogens is 435 g/mol. The fraction of sp³-hybridized carbons (Fsp3) is 0.522. The maximum Gasteiger partial charge on any atom is 0.417 e. The zero-order chi connectivity index (χ0) is 24.6. The van der Waals surface area contributed by atoms with E-state index in [0.29, 0.717) is 25.2 Å². The van der Waals surface area contributed by atoms with Crippen LogP contribution in [0.15, 0.2) is 24.3 Å². The molecule has 1 aliphatic heterocycles. The molecule has 7 nitrogen and oxygen atoms in total. The number of nitrogens with one attached hydrogen (secondary N) is 2. The molecule has 1 aliphatic rings. The van der Waals surface area contributed by atoms with Gasteiger partial charge in [-0.3, -0.25) is 9.59 Å². The molecule has 33 heavy (non-hydrogen) atoms. The average molecular weight is 466 g/mol. The lowest BCUT2D eigenvalue weighted by molar-refractivity contribution is -0.137. The van der Waals surface area contributed by atoms with Crippen molar-refractivity contribution in [1.29, 1.82) is 0 Å². The molecule has 0 aliphatic carbocycles. The molecular formula is C23H30F3N5O2. The van der Waals surface area contributed by atoms with E-state index in [1.165, 1.54) is 25.2 Å². The Kier molecular flexibility index (Phi) is 6.88. The number of hydrogen-bond donors (Lipinski definition) is 2. The van der Waals surface area contributed by atoms with Crippen LogP contribution in [0.2, 0.25) is 0 Å². The normalized spacial score (nSPS) is 16.0. The van der Waals surface area contributed by atoms with Crippen molar-refractivity contribution in [2.45, 2.75) is 52.5 Å². The number of nitrogens with zero attached hydrogens (tertiary/aromatic N) is 3. The Bertz CT molecular complexity index is 1040. The highest BCUT2D eigenvalue weighted by Crippen LogP contribution is 2.38. The lowest BCUT2D eigenvalue weighted by atomic mass is 9.86. The number of imidazole rings is 1. The van der Waals surface area contributed by atoms with Crippen molar-refractivity contribution in [3.63, 3.8) is 0 Å². The number of likely N-dealkylation sites (N-methyl/N-ethyl adjacent to an activating group) is 1. The summed E-state index contributed by atoms with van der Waals surface area (Å²) in [6.45, 7) is 6.97. The minimum Gasteiger partial charge on any atom is -0.357 e. The van der Waals surface area contributed by atoms with Gasteiger partial charge in [0.05, 0.1) is 11.3 Å². The second kappa shape index (κ2) is 9.17. The average Bonchev–Trinajstić information content (AvgIpc) is 2.96. The smallest absolute Gasteiger partial charge is 0.357 e. The van der Waals surface area contributed by atoms with Gasteiger partial charge in [-0.15, -0.1) is 0 Å². The first-order valence-corrected chi connectivity index (χ1v) is 10.8. The monoisotopic (exact) mass is 465 g/mol. The predicted molar refractivity (Wildman–Crippen MR) is 118 cm³/mol. The fourth-order valence-corrected chi connectivity index (χ4v) is 4.05. The number of hydrogen-bond acceptors (Lipinski definition) is 4. The largest absolute Gasteiger partial charge is 0.417 e. The maximum absolute atomic E-state index is 13.7. The third kappa shape index (κ3) is 5.21. The van der Waals surface area contributed by atoms with Gasteiger partial charge in [0.2, 0.25) is 5.91 Å². The molecule has 10 heteroatoms. The van der Waals surface area contributed by atoms with Gasteiger partial charge in [0.1, 0.15) is 11.9 Å². The standard InChI is InChI=1S/C23H30F3N5O2/c1-22(2,3)18(21(33)27-4)29-20(32)17-16-13-30(5)11-8-12-31(16)19(28-17)14-9-6-7-10-15(14)23(24,25)26/h6-7,9-10,18H,8,11-13H2,1-5H3,(H,27,33)(H,29,32). The van der Waals surface area contributed by atoms with Crippen LogP contribution in [0.25, 0.3) is 11.4 Å². The van der Waals surface area contributed by atoms with Crippen molar-refractivity contribution < 1.29 is 22.8 Å². The van der Waals surface area contributed by atoms with Crippen LogP contribution in [0, 0.1) is 5.41 Å². The lowest BCUT2D eigenvalue weighted by Crippen LogP contribution is -2.53. The van der Waals surface area contributed by atoms with E-state index in [4.69, 9.17) is 0 Å². The first kappa shape index (κ1) is 24.8. The highest BCUT2D eigenvalue weighted by atomic mass is 19.4. The summed E-state index contributed by atoms with van der Waals surface area (Å²) in [5, 5.41) is 5.30. The maximum atomic E-state index is 13.7. The molecule has 2 N–H and O–H groups in total. The van der Waals surface area contributed by atoms with Crippen LogP contribution in [0.5, 0.6) is 0 Å². The van der Waals surface area contributed by atoms with Crippen molar-refractivity contribution >= 4 is 11.8 Å². The molecule has 3 rings (SSSR count). The van der Waals surface area contributed by atoms with Gasteiger partial charge in [-0.2, -0.15) is 13.2 Å². The highest BCUT2D eigenvalue weighted by Gasteiger charge is 2.37. The summed E-state index contributed by atoms with van der Waals surface area (Å²) in [4.78, 5) is 32.2. The Labute approximate surface area is 191 Å². The molecule has 1 atom stereocenters. The van der Waals surface area contributed by atoms with Gasteiger partial charge in [0.15, 0.2) is 5.69 Å². The molecule has 0 spiro atoms. The van der Waals surface area contributed by atoms with Crippen molar-refractivity contribution in [3.8, 4) is 11.4 Å². The van der Waals surface area contributed by atoms with Crippen molar-refractivity contribution in [2.75, 3.05) is 20.6 Å². The van der Waals surface area contributed by atoms with Crippen molar-refractivity contribution in [3.05, 3.63) is 41.2 Å². The molecule has 0 saturated carbocycles. The van der Waals surface area contributed by atoms with Crippen LogP contribution >= 0.6 is 0 Å². The number of halogens is 3. The van der Waals surface area contributed by atoms with Crippen molar-refractivity contribution in [1.82, 2.24) is 25.1 Å². The lowest BCUT2D eigenvalue weighted by Gasteiger charge is -2.29. The molecule has 0 bridgehead atoms. The number of alkyl halides is 3. The number of amides is 2. The number of carbonyl (C=O) groups excluding carboxylic acids is 2. The Hall–Kier alpha value is -2.88. The molecule has 1 aromatic heterocycles. The van der Waals surface area contributed by atoms with Gasteiger partial charge in [-0.05, 0) is 31.5 Å². The fourth-order valence-electron chi connectivity index (χ4n) is 4.05. The van der Waals surface area contributed by atoms with E-state index in [0.717, 1.165) is 12.6 Å². The molecule has 2 aromatic rings. The van der Waals surface area contributed by atoms with E-state index in [9.17, 15) is 22.8 Å². The molecule has 2 amide bonds. The van der Waals surface area contributed by atoms with Crippen LogP contribution in [-0.2, 0) is 24.1 Å². The van der Waals surface area contributed by atoms with E-state index >= 15 is 0 Å². The zero-order valence-electron chi connectivity index (χ0n) is 19.5. The Morgan fingerprint density at radius 2 is 1.79 bits per heavy atom. The molecule has 1 unspecified atom stereocenters. The summed E-state index contributed by atoms with van der Waals surface area (Å²) in [5.41, 5.74) is -0.902. The third-order valence-corrected chi connectivity index (χ3v) is 5.75. The summed E-state index contributed by atoms with van der Waals surface area (Å²) in [7, 11) is 3.37. The Balaban J connectivity index is 2.14. The number of carbonyl (C=O) groups is 2. The topological polar surface area (TPSA) is 79.3 Å². The first-order valence-electron chi connectivity index (χ1n) is 10.8. The zero-order valence-corrected chi connectivity index (χ0v) is 19.5. The van der Waals surface area contributed by atoms with E-state index < -0.39 is 29.1 Å². The van der Waals surface area contributed by atoms with Gasteiger partial charge in [0.25, 0.3) is 5.91 Å². The van der Waals surface area contributed by atoms with E-state index in [-0.39, 0.29) is 23.0 Å². The molecule has 2 heterocycles. The van der Waals surface area contributed by atoms with Gasteiger partial charge in [-0.25, -0.2) is 4.98 Å². The van der Waals surface area contributed by atoms with Crippen LogP contribution < -0.4 is 10.6 Å². The Morgan fingerprint density at radius 1 is 1.12 bits per heavy atom. The summed E-state index contributed by atoms with van der Waals surface area (Å²) in [6, 6.07) is 4.40. The van der Waals surface area contributed by atoms with Crippen LogP contribution in [-0.4, -0.2) is 52.9 Å². The minimum absolute atomic E-state index is 0.0360. The van der Waals surface area contributed by atoms with Gasteiger partial charge in [0, 0.05) is 25.7 Å². The number of rotatable bonds is 4. The summed E-state index contributed by atoms with van der Waals surface area (Å²) in [6.07, 6.45) is -3.87. The van der Waals surface area contributed by atoms with E-state index in [2.05, 4.69) is 15.6 Å². The summed E-state index contributed by atoms with van der Waals surface area (Å²) < 4.78 is 42.9. The number of fused-ring (bicyclic) bond motifs is 1. The molecule has 0 radical (unpaired) electrons. The minimum atomic E-state index is -4.57. The van der Waals surface area contributed by atoms with E-state index in [1.807, 2.05) is 32.7 Å². The molecule has 180 valence electrons. The molecule has 1 aromatic carbocycles. The summed E-state index contributed by atoms with van der Waals surface area (Å²) in [5.74, 6) is -0.847. The van der Waals surface area contributed by atoms with Gasteiger partial charge in [-0.1, -0.05) is 39.0 Å².